The Morgan fingerprint density at radius 3 is 2.64 bits per heavy atom. The number of benzene rings is 1. The van der Waals surface area contributed by atoms with Crippen molar-refractivity contribution in [2.45, 2.75) is 17.7 Å². The summed E-state index contributed by atoms with van der Waals surface area (Å²) in [5.41, 5.74) is 0. The smallest absolute Gasteiger partial charge is 0.243 e. The van der Waals surface area contributed by atoms with Crippen molar-refractivity contribution in [3.05, 3.63) is 29.4 Å². The van der Waals surface area contributed by atoms with Crippen LogP contribution < -0.4 is 10.6 Å². The molecule has 25 heavy (non-hydrogen) atoms. The second-order valence-electron chi connectivity index (χ2n) is 5.72. The second kappa shape index (κ2) is 7.15. The molecule has 3 rings (SSSR count). The van der Waals surface area contributed by atoms with Gasteiger partial charge in [-0.15, -0.1) is 0 Å². The van der Waals surface area contributed by atoms with Crippen LogP contribution in [0.1, 0.15) is 12.8 Å². The number of rotatable bonds is 3. The average Bonchev–Trinajstić information content (AvgIpc) is 3.16. The lowest BCUT2D eigenvalue weighted by molar-refractivity contribution is 0.477. The number of fused-ring (bicyclic) bond motifs is 1. The molecule has 0 aliphatic carbocycles. The predicted molar refractivity (Wildman–Crippen MR) is 101 cm³/mol. The molecule has 0 unspecified atom stereocenters. The molecule has 134 valence electrons. The van der Waals surface area contributed by atoms with Crippen molar-refractivity contribution < 1.29 is 8.42 Å². The van der Waals surface area contributed by atoms with E-state index in [-0.39, 0.29) is 4.90 Å². The first-order chi connectivity index (χ1) is 12.0. The van der Waals surface area contributed by atoms with Crippen LogP contribution in [0.4, 0.5) is 5.82 Å². The topological polar surface area (TPSA) is 86.7 Å². The molecule has 1 aromatic carbocycles. The average molecular weight is 382 g/mol. The first-order valence-corrected chi connectivity index (χ1v) is 9.79. The number of guanidine groups is 1. The minimum absolute atomic E-state index is 0.244. The fraction of sp³-hybridized carbons (Fsp3) is 0.375. The summed E-state index contributed by atoms with van der Waals surface area (Å²) in [6.07, 6.45) is 3.32. The van der Waals surface area contributed by atoms with Crippen molar-refractivity contribution in [1.29, 1.82) is 0 Å². The predicted octanol–water partition coefficient (Wildman–Crippen LogP) is 2.29. The molecular formula is C16H20ClN5O2S. The lowest BCUT2D eigenvalue weighted by Gasteiger charge is -2.17. The van der Waals surface area contributed by atoms with Gasteiger partial charge < -0.3 is 10.6 Å². The Labute approximate surface area is 152 Å². The summed E-state index contributed by atoms with van der Waals surface area (Å²) >= 11 is 6.23. The van der Waals surface area contributed by atoms with E-state index in [1.165, 1.54) is 10.5 Å². The zero-order valence-corrected chi connectivity index (χ0v) is 15.7. The number of halogens is 1. The fourth-order valence-corrected chi connectivity index (χ4v) is 4.63. The molecule has 2 heterocycles. The van der Waals surface area contributed by atoms with Crippen LogP contribution in [-0.2, 0) is 10.0 Å². The summed E-state index contributed by atoms with van der Waals surface area (Å²) in [6, 6.07) is 4.93. The molecule has 7 nitrogen and oxygen atoms in total. The highest BCUT2D eigenvalue weighted by Gasteiger charge is 2.27. The zero-order valence-electron chi connectivity index (χ0n) is 14.1. The summed E-state index contributed by atoms with van der Waals surface area (Å²) in [4.78, 5) is 8.59. The van der Waals surface area contributed by atoms with Crippen LogP contribution in [0.15, 0.2) is 34.3 Å². The maximum Gasteiger partial charge on any atom is 0.243 e. The Morgan fingerprint density at radius 2 is 2.00 bits per heavy atom. The van der Waals surface area contributed by atoms with Crippen LogP contribution in [0.25, 0.3) is 10.8 Å². The number of aliphatic imine (C=N–C) groups is 1. The minimum atomic E-state index is -3.51. The van der Waals surface area contributed by atoms with Crippen LogP contribution in [0, 0.1) is 0 Å². The minimum Gasteiger partial charge on any atom is -0.359 e. The van der Waals surface area contributed by atoms with Crippen molar-refractivity contribution in [2.24, 2.45) is 4.99 Å². The highest BCUT2D eigenvalue weighted by atomic mass is 35.5. The molecule has 0 bridgehead atoms. The monoisotopic (exact) mass is 381 g/mol. The third-order valence-corrected chi connectivity index (χ3v) is 6.41. The van der Waals surface area contributed by atoms with E-state index < -0.39 is 10.0 Å². The van der Waals surface area contributed by atoms with E-state index in [1.54, 1.807) is 32.3 Å². The van der Waals surface area contributed by atoms with Crippen molar-refractivity contribution in [3.8, 4) is 0 Å². The van der Waals surface area contributed by atoms with E-state index >= 15 is 0 Å². The quantitative estimate of drug-likeness (QED) is 0.629. The Hall–Kier alpha value is -1.90. The molecule has 1 aliphatic rings. The molecule has 1 fully saturated rings. The third kappa shape index (κ3) is 3.42. The summed E-state index contributed by atoms with van der Waals surface area (Å²) < 4.78 is 27.2. The van der Waals surface area contributed by atoms with E-state index in [1.807, 2.05) is 0 Å². The molecule has 0 radical (unpaired) electrons. The molecule has 2 N–H and O–H groups in total. The molecule has 0 atom stereocenters. The van der Waals surface area contributed by atoms with E-state index in [2.05, 4.69) is 20.6 Å². The Bertz CT molecular complexity index is 924. The highest BCUT2D eigenvalue weighted by molar-refractivity contribution is 7.89. The van der Waals surface area contributed by atoms with Gasteiger partial charge in [0, 0.05) is 44.2 Å². The number of nitrogens with zero attached hydrogens (tertiary/aromatic N) is 3. The van der Waals surface area contributed by atoms with E-state index in [0.717, 1.165) is 18.2 Å². The van der Waals surface area contributed by atoms with Crippen molar-refractivity contribution in [3.63, 3.8) is 0 Å². The fourth-order valence-electron chi connectivity index (χ4n) is 2.87. The number of sulfonamides is 1. The molecule has 1 aromatic heterocycles. The number of hydrogen-bond donors (Lipinski definition) is 2. The number of nitrogens with one attached hydrogen (secondary N) is 2. The van der Waals surface area contributed by atoms with E-state index in [4.69, 9.17) is 11.6 Å². The Kier molecular flexibility index (Phi) is 5.12. The first kappa shape index (κ1) is 17.9. The van der Waals surface area contributed by atoms with Gasteiger partial charge in [0.05, 0.1) is 9.92 Å². The van der Waals surface area contributed by atoms with Crippen LogP contribution in [0.5, 0.6) is 0 Å². The standard InChI is InChI=1S/C16H20ClN5O2S/c1-18-16(19-2)21-15-13-9-11(5-6-12(13)14(17)10-20-15)25(23,24)22-7-3-4-8-22/h5-6,9-10H,3-4,7-8H2,1-2H3,(H2,18,19,20,21). The molecule has 2 aromatic rings. The maximum absolute atomic E-state index is 12.8. The Morgan fingerprint density at radius 1 is 1.28 bits per heavy atom. The van der Waals surface area contributed by atoms with Gasteiger partial charge in [-0.25, -0.2) is 13.4 Å². The molecule has 1 aliphatic heterocycles. The normalized spacial score (nSPS) is 16.4. The Balaban J connectivity index is 2.12. The van der Waals surface area contributed by atoms with Gasteiger partial charge in [0.1, 0.15) is 5.82 Å². The van der Waals surface area contributed by atoms with Gasteiger partial charge in [-0.1, -0.05) is 17.7 Å². The molecule has 9 heteroatoms. The SMILES string of the molecule is CN=C(NC)Nc1ncc(Cl)c2ccc(S(=O)(=O)N3CCCC3)cc12. The van der Waals surface area contributed by atoms with Gasteiger partial charge in [-0.2, -0.15) is 4.31 Å². The van der Waals surface area contributed by atoms with Crippen LogP contribution in [-0.4, -0.2) is 50.9 Å². The molecule has 0 spiro atoms. The number of hydrogen-bond acceptors (Lipinski definition) is 4. The first-order valence-electron chi connectivity index (χ1n) is 7.97. The second-order valence-corrected chi connectivity index (χ2v) is 8.07. The van der Waals surface area contributed by atoms with Crippen molar-refractivity contribution >= 4 is 44.2 Å². The molecule has 0 saturated carbocycles. The lowest BCUT2D eigenvalue weighted by atomic mass is 10.1. The van der Waals surface area contributed by atoms with Gasteiger partial charge in [-0.05, 0) is 25.0 Å². The van der Waals surface area contributed by atoms with Gasteiger partial charge in [0.2, 0.25) is 10.0 Å². The molecule has 1 saturated heterocycles. The van der Waals surface area contributed by atoms with Crippen LogP contribution >= 0.6 is 11.6 Å². The number of anilines is 1. The third-order valence-electron chi connectivity index (χ3n) is 4.21. The van der Waals surface area contributed by atoms with Gasteiger partial charge in [0.15, 0.2) is 5.96 Å². The number of aromatic nitrogens is 1. The highest BCUT2D eigenvalue weighted by Crippen LogP contribution is 2.31. The number of pyridine rings is 1. The van der Waals surface area contributed by atoms with Crippen molar-refractivity contribution in [1.82, 2.24) is 14.6 Å². The zero-order chi connectivity index (χ0) is 18.0. The van der Waals surface area contributed by atoms with Gasteiger partial charge in [-0.3, -0.25) is 4.99 Å². The van der Waals surface area contributed by atoms with E-state index in [0.29, 0.717) is 35.3 Å². The maximum atomic E-state index is 12.8. The van der Waals surface area contributed by atoms with Crippen LogP contribution in [0.3, 0.4) is 0 Å². The lowest BCUT2D eigenvalue weighted by Crippen LogP contribution is -2.28. The van der Waals surface area contributed by atoms with Crippen LogP contribution in [0.2, 0.25) is 5.02 Å². The largest absolute Gasteiger partial charge is 0.359 e. The van der Waals surface area contributed by atoms with Gasteiger partial charge in [0.25, 0.3) is 0 Å². The van der Waals surface area contributed by atoms with Crippen molar-refractivity contribution in [2.75, 3.05) is 32.5 Å². The van der Waals surface area contributed by atoms with E-state index in [9.17, 15) is 8.42 Å². The summed E-state index contributed by atoms with van der Waals surface area (Å²) in [5, 5.41) is 7.79. The summed E-state index contributed by atoms with van der Waals surface area (Å²) in [5.74, 6) is 1.01. The summed E-state index contributed by atoms with van der Waals surface area (Å²) in [7, 11) is -0.139. The van der Waals surface area contributed by atoms with Gasteiger partial charge >= 0.3 is 0 Å². The molecule has 0 amide bonds. The summed E-state index contributed by atoms with van der Waals surface area (Å²) in [6.45, 7) is 1.12. The molecular weight excluding hydrogens is 362 g/mol.